The molecule has 9 heteroatoms. The van der Waals surface area contributed by atoms with E-state index >= 15 is 0 Å². The van der Waals surface area contributed by atoms with E-state index in [1.54, 1.807) is 31.2 Å². The predicted molar refractivity (Wildman–Crippen MR) is 108 cm³/mol. The van der Waals surface area contributed by atoms with Crippen LogP contribution in [0, 0.1) is 0 Å². The molecule has 0 unspecified atom stereocenters. The highest BCUT2D eigenvalue weighted by Gasteiger charge is 2.16. The number of para-hydroxylation sites is 2. The van der Waals surface area contributed by atoms with E-state index in [0.717, 1.165) is 0 Å². The lowest BCUT2D eigenvalue weighted by atomic mass is 10.2. The Hall–Kier alpha value is -3.13. The Morgan fingerprint density at radius 1 is 0.931 bits per heavy atom. The molecule has 0 aliphatic carbocycles. The van der Waals surface area contributed by atoms with Crippen LogP contribution in [-0.2, 0) is 4.79 Å². The summed E-state index contributed by atoms with van der Waals surface area (Å²) in [6.07, 6.45) is 0. The Balaban J connectivity index is 1.93. The summed E-state index contributed by atoms with van der Waals surface area (Å²) in [5.41, 5.74) is 4.77. The van der Waals surface area contributed by atoms with Crippen molar-refractivity contribution in [1.82, 2.24) is 10.9 Å². The largest absolute Gasteiger partial charge is 0.493 e. The summed E-state index contributed by atoms with van der Waals surface area (Å²) in [6.45, 7) is 4.21. The molecule has 2 amide bonds. The Morgan fingerprint density at radius 3 is 2.21 bits per heavy atom. The Kier molecular flexibility index (Phi) is 8.42. The minimum Gasteiger partial charge on any atom is -0.493 e. The molecule has 0 bridgehead atoms. The van der Waals surface area contributed by atoms with Gasteiger partial charge < -0.3 is 18.9 Å². The average molecular weight is 423 g/mol. The van der Waals surface area contributed by atoms with Gasteiger partial charge in [-0.05, 0) is 38.1 Å². The number of nitrogens with one attached hydrogen (secondary N) is 2. The average Bonchev–Trinajstić information content (AvgIpc) is 2.72. The molecule has 2 aromatic carbocycles. The fourth-order valence-corrected chi connectivity index (χ4v) is 2.62. The highest BCUT2D eigenvalue weighted by atomic mass is 35.5. The number of benzene rings is 2. The van der Waals surface area contributed by atoms with Gasteiger partial charge in [0.2, 0.25) is 0 Å². The first-order valence-corrected chi connectivity index (χ1v) is 9.32. The van der Waals surface area contributed by atoms with Crippen LogP contribution in [0.4, 0.5) is 0 Å². The lowest BCUT2D eigenvalue weighted by molar-refractivity contribution is -0.123. The van der Waals surface area contributed by atoms with Crippen LogP contribution >= 0.6 is 11.6 Å². The standard InChI is InChI=1S/C20H23ClN2O6/c1-4-27-15-8-6-7-9-16(15)29-12-18(24)22-23-20(25)13-10-14(21)19(28-5-2)17(11-13)26-3/h6-11H,4-5,12H2,1-3H3,(H,22,24)(H,23,25). The van der Waals surface area contributed by atoms with E-state index in [1.165, 1.54) is 19.2 Å². The zero-order valence-corrected chi connectivity index (χ0v) is 17.2. The normalized spacial score (nSPS) is 10.1. The number of hydrogen-bond acceptors (Lipinski definition) is 6. The zero-order chi connectivity index (χ0) is 21.2. The number of carbonyl (C=O) groups is 2. The maximum absolute atomic E-state index is 12.3. The van der Waals surface area contributed by atoms with Crippen LogP contribution in [0.5, 0.6) is 23.0 Å². The number of methoxy groups -OCH3 is 1. The molecule has 0 saturated heterocycles. The quantitative estimate of drug-likeness (QED) is 0.603. The maximum Gasteiger partial charge on any atom is 0.276 e. The summed E-state index contributed by atoms with van der Waals surface area (Å²) in [5.74, 6) is 0.497. The summed E-state index contributed by atoms with van der Waals surface area (Å²) < 4.78 is 21.5. The number of rotatable bonds is 9. The Bertz CT molecular complexity index is 859. The molecule has 2 rings (SSSR count). The lowest BCUT2D eigenvalue weighted by Crippen LogP contribution is -2.43. The minimum absolute atomic E-state index is 0.193. The van der Waals surface area contributed by atoms with Crippen molar-refractivity contribution in [1.29, 1.82) is 0 Å². The molecule has 156 valence electrons. The third kappa shape index (κ3) is 6.18. The summed E-state index contributed by atoms with van der Waals surface area (Å²) in [4.78, 5) is 24.3. The molecular formula is C20H23ClN2O6. The van der Waals surface area contributed by atoms with Crippen molar-refractivity contribution in [3.05, 3.63) is 47.0 Å². The maximum atomic E-state index is 12.3. The van der Waals surface area contributed by atoms with E-state index < -0.39 is 11.8 Å². The monoisotopic (exact) mass is 422 g/mol. The molecule has 8 nitrogen and oxygen atoms in total. The molecule has 0 radical (unpaired) electrons. The first-order valence-electron chi connectivity index (χ1n) is 8.94. The molecule has 0 aliphatic rings. The van der Waals surface area contributed by atoms with Gasteiger partial charge in [-0.2, -0.15) is 0 Å². The topological polar surface area (TPSA) is 95.1 Å². The Morgan fingerprint density at radius 2 is 1.59 bits per heavy atom. The van der Waals surface area contributed by atoms with Crippen molar-refractivity contribution in [2.75, 3.05) is 26.9 Å². The minimum atomic E-state index is -0.573. The molecule has 0 atom stereocenters. The second-order valence-electron chi connectivity index (χ2n) is 5.59. The fourth-order valence-electron chi connectivity index (χ4n) is 2.36. The zero-order valence-electron chi connectivity index (χ0n) is 16.4. The SMILES string of the molecule is CCOc1ccccc1OCC(=O)NNC(=O)c1cc(Cl)c(OCC)c(OC)c1. The molecule has 0 aliphatic heterocycles. The number of hydrazine groups is 1. The van der Waals surface area contributed by atoms with Crippen molar-refractivity contribution >= 4 is 23.4 Å². The number of hydrogen-bond donors (Lipinski definition) is 2. The molecule has 0 heterocycles. The van der Waals surface area contributed by atoms with Gasteiger partial charge in [-0.1, -0.05) is 23.7 Å². The molecular weight excluding hydrogens is 400 g/mol. The van der Waals surface area contributed by atoms with Crippen molar-refractivity contribution in [3.8, 4) is 23.0 Å². The van der Waals surface area contributed by atoms with E-state index in [9.17, 15) is 9.59 Å². The van der Waals surface area contributed by atoms with Crippen molar-refractivity contribution in [3.63, 3.8) is 0 Å². The van der Waals surface area contributed by atoms with Gasteiger partial charge in [0.05, 0.1) is 25.3 Å². The fraction of sp³-hybridized carbons (Fsp3) is 0.300. The van der Waals surface area contributed by atoms with Gasteiger partial charge in [0.25, 0.3) is 11.8 Å². The van der Waals surface area contributed by atoms with Gasteiger partial charge in [-0.25, -0.2) is 0 Å². The Labute approximate surface area is 174 Å². The molecule has 0 fully saturated rings. The van der Waals surface area contributed by atoms with Crippen LogP contribution < -0.4 is 29.8 Å². The van der Waals surface area contributed by atoms with E-state index in [1.807, 2.05) is 6.92 Å². The highest BCUT2D eigenvalue weighted by Crippen LogP contribution is 2.36. The molecule has 0 spiro atoms. The predicted octanol–water partition coefficient (Wildman–Crippen LogP) is 2.99. The summed E-state index contributed by atoms with van der Waals surface area (Å²) in [7, 11) is 1.44. The van der Waals surface area contributed by atoms with Gasteiger partial charge >= 0.3 is 0 Å². The van der Waals surface area contributed by atoms with Crippen LogP contribution in [0.2, 0.25) is 5.02 Å². The van der Waals surface area contributed by atoms with Crippen LogP contribution in [0.3, 0.4) is 0 Å². The number of carbonyl (C=O) groups excluding carboxylic acids is 2. The van der Waals surface area contributed by atoms with Crippen LogP contribution in [0.15, 0.2) is 36.4 Å². The second kappa shape index (κ2) is 11.0. The second-order valence-corrected chi connectivity index (χ2v) is 6.00. The van der Waals surface area contributed by atoms with Crippen LogP contribution in [0.1, 0.15) is 24.2 Å². The van der Waals surface area contributed by atoms with Gasteiger partial charge in [-0.15, -0.1) is 0 Å². The third-order valence-electron chi connectivity index (χ3n) is 3.60. The van der Waals surface area contributed by atoms with E-state index in [-0.39, 0.29) is 17.2 Å². The summed E-state index contributed by atoms with van der Waals surface area (Å²) in [6, 6.07) is 9.88. The van der Waals surface area contributed by atoms with Crippen molar-refractivity contribution in [2.45, 2.75) is 13.8 Å². The lowest BCUT2D eigenvalue weighted by Gasteiger charge is -2.14. The van der Waals surface area contributed by atoms with Gasteiger partial charge in [0.15, 0.2) is 29.6 Å². The molecule has 0 aromatic heterocycles. The molecule has 29 heavy (non-hydrogen) atoms. The number of amides is 2. The molecule has 0 saturated carbocycles. The highest BCUT2D eigenvalue weighted by molar-refractivity contribution is 6.32. The van der Waals surface area contributed by atoms with E-state index in [4.69, 9.17) is 30.5 Å². The summed E-state index contributed by atoms with van der Waals surface area (Å²) in [5, 5.41) is 0.221. The van der Waals surface area contributed by atoms with E-state index in [0.29, 0.717) is 36.2 Å². The summed E-state index contributed by atoms with van der Waals surface area (Å²) >= 11 is 6.15. The van der Waals surface area contributed by atoms with Gasteiger partial charge in [0.1, 0.15) is 0 Å². The smallest absolute Gasteiger partial charge is 0.276 e. The number of halogens is 1. The first-order chi connectivity index (χ1) is 14.0. The van der Waals surface area contributed by atoms with Crippen LogP contribution in [-0.4, -0.2) is 38.7 Å². The van der Waals surface area contributed by atoms with Crippen LogP contribution in [0.25, 0.3) is 0 Å². The number of ether oxygens (including phenoxy) is 4. The van der Waals surface area contributed by atoms with E-state index in [2.05, 4.69) is 10.9 Å². The third-order valence-corrected chi connectivity index (χ3v) is 3.88. The van der Waals surface area contributed by atoms with Crippen molar-refractivity contribution in [2.24, 2.45) is 0 Å². The van der Waals surface area contributed by atoms with Crippen molar-refractivity contribution < 1.29 is 28.5 Å². The first kappa shape index (κ1) is 22.2. The van der Waals surface area contributed by atoms with Gasteiger partial charge in [0, 0.05) is 5.56 Å². The molecule has 2 N–H and O–H groups in total. The molecule has 2 aromatic rings. The van der Waals surface area contributed by atoms with Gasteiger partial charge in [-0.3, -0.25) is 20.4 Å².